The summed E-state index contributed by atoms with van der Waals surface area (Å²) in [6.45, 7) is 13.7. The Morgan fingerprint density at radius 3 is 2.62 bits per heavy atom. The zero-order valence-corrected chi connectivity index (χ0v) is 15.2. The zero-order valence-electron chi connectivity index (χ0n) is 14.4. The monoisotopic (exact) mass is 308 g/mol. The molecule has 1 aliphatic rings. The third-order valence-corrected chi connectivity index (χ3v) is 5.40. The Morgan fingerprint density at radius 2 is 2.00 bits per heavy atom. The Hall–Kier alpha value is -0.410. The normalized spacial score (nSPS) is 23.1. The predicted molar refractivity (Wildman–Crippen MR) is 93.1 cm³/mol. The number of aromatic nitrogens is 1. The molecule has 2 unspecified atom stereocenters. The predicted octanol–water partition coefficient (Wildman–Crippen LogP) is 4.65. The van der Waals surface area contributed by atoms with Crippen LogP contribution in [0, 0.1) is 17.8 Å². The van der Waals surface area contributed by atoms with E-state index in [9.17, 15) is 0 Å². The van der Waals surface area contributed by atoms with Gasteiger partial charge in [0.25, 0.3) is 0 Å². The SMILES string of the molecule is CC(C)CNCC1CCCC1Cc1nc(C(C)(C)C)cs1. The highest BCUT2D eigenvalue weighted by atomic mass is 32.1. The fourth-order valence-corrected chi connectivity index (χ4v) is 4.30. The van der Waals surface area contributed by atoms with Crippen LogP contribution in [0.2, 0.25) is 0 Å². The fraction of sp³-hybridized carbons (Fsp3) is 0.833. The molecule has 2 atom stereocenters. The minimum Gasteiger partial charge on any atom is -0.316 e. The molecule has 0 radical (unpaired) electrons. The molecule has 120 valence electrons. The van der Waals surface area contributed by atoms with Crippen molar-refractivity contribution in [1.82, 2.24) is 10.3 Å². The second kappa shape index (κ2) is 7.23. The summed E-state index contributed by atoms with van der Waals surface area (Å²) in [6.07, 6.45) is 5.37. The molecule has 3 heteroatoms. The number of nitrogens with one attached hydrogen (secondary N) is 1. The summed E-state index contributed by atoms with van der Waals surface area (Å²) in [5.74, 6) is 2.44. The van der Waals surface area contributed by atoms with Crippen LogP contribution in [-0.4, -0.2) is 18.1 Å². The van der Waals surface area contributed by atoms with Crippen LogP contribution in [0.25, 0.3) is 0 Å². The van der Waals surface area contributed by atoms with Crippen molar-refractivity contribution in [3.63, 3.8) is 0 Å². The Balaban J connectivity index is 1.87. The lowest BCUT2D eigenvalue weighted by molar-refractivity contribution is 0.356. The standard InChI is InChI=1S/C18H32N2S/c1-13(2)10-19-11-15-8-6-7-14(15)9-17-20-16(12-21-17)18(3,4)5/h12-15,19H,6-11H2,1-5H3. The molecule has 1 N–H and O–H groups in total. The Kier molecular flexibility index (Phi) is 5.84. The first kappa shape index (κ1) is 17.0. The molecular weight excluding hydrogens is 276 g/mol. The van der Waals surface area contributed by atoms with Crippen molar-refractivity contribution in [2.45, 2.75) is 65.7 Å². The van der Waals surface area contributed by atoms with E-state index in [0.717, 1.165) is 24.3 Å². The molecular formula is C18H32N2S. The summed E-state index contributed by atoms with van der Waals surface area (Å²) >= 11 is 1.86. The molecule has 0 aromatic carbocycles. The van der Waals surface area contributed by atoms with Crippen molar-refractivity contribution in [2.75, 3.05) is 13.1 Å². The molecule has 0 amide bonds. The van der Waals surface area contributed by atoms with Gasteiger partial charge in [-0.3, -0.25) is 0 Å². The highest BCUT2D eigenvalue weighted by molar-refractivity contribution is 7.09. The van der Waals surface area contributed by atoms with E-state index in [2.05, 4.69) is 45.3 Å². The first-order valence-electron chi connectivity index (χ1n) is 8.52. The van der Waals surface area contributed by atoms with Crippen LogP contribution in [0.4, 0.5) is 0 Å². The molecule has 0 spiro atoms. The molecule has 1 aromatic heterocycles. The number of thiazole rings is 1. The van der Waals surface area contributed by atoms with Gasteiger partial charge in [-0.1, -0.05) is 41.0 Å². The van der Waals surface area contributed by atoms with Crippen molar-refractivity contribution in [3.05, 3.63) is 16.1 Å². The van der Waals surface area contributed by atoms with E-state index in [1.54, 1.807) is 0 Å². The Bertz CT molecular complexity index is 431. The van der Waals surface area contributed by atoms with Gasteiger partial charge in [-0.25, -0.2) is 4.98 Å². The van der Waals surface area contributed by atoms with E-state index in [1.165, 1.54) is 42.9 Å². The van der Waals surface area contributed by atoms with Crippen LogP contribution in [-0.2, 0) is 11.8 Å². The molecule has 1 saturated carbocycles. The lowest BCUT2D eigenvalue weighted by Gasteiger charge is -2.20. The summed E-state index contributed by atoms with van der Waals surface area (Å²) in [7, 11) is 0. The minimum atomic E-state index is 0.183. The topological polar surface area (TPSA) is 24.9 Å². The number of nitrogens with zero attached hydrogens (tertiary/aromatic N) is 1. The highest BCUT2D eigenvalue weighted by Gasteiger charge is 2.28. The largest absolute Gasteiger partial charge is 0.316 e. The van der Waals surface area contributed by atoms with Crippen LogP contribution >= 0.6 is 11.3 Å². The molecule has 21 heavy (non-hydrogen) atoms. The van der Waals surface area contributed by atoms with Crippen molar-refractivity contribution >= 4 is 11.3 Å². The maximum atomic E-state index is 4.89. The first-order chi connectivity index (χ1) is 9.86. The number of hydrogen-bond donors (Lipinski definition) is 1. The van der Waals surface area contributed by atoms with Gasteiger partial charge in [0.2, 0.25) is 0 Å². The molecule has 2 rings (SSSR count). The van der Waals surface area contributed by atoms with Gasteiger partial charge in [0, 0.05) is 17.2 Å². The molecule has 0 aliphatic heterocycles. The van der Waals surface area contributed by atoms with Crippen molar-refractivity contribution in [2.24, 2.45) is 17.8 Å². The zero-order chi connectivity index (χ0) is 15.5. The second-order valence-electron chi connectivity index (χ2n) is 8.08. The third-order valence-electron chi connectivity index (χ3n) is 4.53. The Labute approximate surface area is 134 Å². The summed E-state index contributed by atoms with van der Waals surface area (Å²) in [4.78, 5) is 4.89. The molecule has 1 aromatic rings. The van der Waals surface area contributed by atoms with Gasteiger partial charge in [0.15, 0.2) is 0 Å². The van der Waals surface area contributed by atoms with Gasteiger partial charge in [-0.15, -0.1) is 11.3 Å². The second-order valence-corrected chi connectivity index (χ2v) is 9.03. The third kappa shape index (κ3) is 5.07. The minimum absolute atomic E-state index is 0.183. The van der Waals surface area contributed by atoms with Gasteiger partial charge < -0.3 is 5.32 Å². The number of hydrogen-bond acceptors (Lipinski definition) is 3. The summed E-state index contributed by atoms with van der Waals surface area (Å²) in [5, 5.41) is 7.26. The van der Waals surface area contributed by atoms with Gasteiger partial charge >= 0.3 is 0 Å². The fourth-order valence-electron chi connectivity index (χ4n) is 3.18. The molecule has 1 fully saturated rings. The van der Waals surface area contributed by atoms with E-state index in [-0.39, 0.29) is 5.41 Å². The van der Waals surface area contributed by atoms with E-state index >= 15 is 0 Å². The van der Waals surface area contributed by atoms with Crippen LogP contribution in [0.5, 0.6) is 0 Å². The smallest absolute Gasteiger partial charge is 0.0931 e. The van der Waals surface area contributed by atoms with Crippen LogP contribution in [0.15, 0.2) is 5.38 Å². The van der Waals surface area contributed by atoms with Gasteiger partial charge in [0.1, 0.15) is 0 Å². The lowest BCUT2D eigenvalue weighted by Crippen LogP contribution is -2.29. The van der Waals surface area contributed by atoms with Gasteiger partial charge in [-0.05, 0) is 43.7 Å². The van der Waals surface area contributed by atoms with E-state index in [1.807, 2.05) is 11.3 Å². The van der Waals surface area contributed by atoms with Crippen LogP contribution in [0.1, 0.15) is 64.6 Å². The van der Waals surface area contributed by atoms with Crippen molar-refractivity contribution in [1.29, 1.82) is 0 Å². The molecule has 2 nitrogen and oxygen atoms in total. The van der Waals surface area contributed by atoms with E-state index < -0.39 is 0 Å². The summed E-state index contributed by atoms with van der Waals surface area (Å²) in [6, 6.07) is 0. The van der Waals surface area contributed by atoms with E-state index in [4.69, 9.17) is 4.98 Å². The van der Waals surface area contributed by atoms with Gasteiger partial charge in [0.05, 0.1) is 10.7 Å². The van der Waals surface area contributed by atoms with Crippen LogP contribution < -0.4 is 5.32 Å². The molecule has 0 saturated heterocycles. The van der Waals surface area contributed by atoms with E-state index in [0.29, 0.717) is 0 Å². The van der Waals surface area contributed by atoms with Crippen molar-refractivity contribution in [3.8, 4) is 0 Å². The highest BCUT2D eigenvalue weighted by Crippen LogP contribution is 2.35. The summed E-state index contributed by atoms with van der Waals surface area (Å²) < 4.78 is 0. The molecule has 1 heterocycles. The maximum absolute atomic E-state index is 4.89. The lowest BCUT2D eigenvalue weighted by atomic mass is 9.92. The van der Waals surface area contributed by atoms with Crippen molar-refractivity contribution < 1.29 is 0 Å². The average Bonchev–Trinajstić information content (AvgIpc) is 2.99. The first-order valence-corrected chi connectivity index (χ1v) is 9.40. The molecule has 0 bridgehead atoms. The maximum Gasteiger partial charge on any atom is 0.0931 e. The quantitative estimate of drug-likeness (QED) is 0.827. The Morgan fingerprint density at radius 1 is 1.29 bits per heavy atom. The van der Waals surface area contributed by atoms with Gasteiger partial charge in [-0.2, -0.15) is 0 Å². The molecule has 1 aliphatic carbocycles. The number of rotatable bonds is 6. The summed E-state index contributed by atoms with van der Waals surface area (Å²) in [5.41, 5.74) is 1.44. The average molecular weight is 309 g/mol. The van der Waals surface area contributed by atoms with Crippen LogP contribution in [0.3, 0.4) is 0 Å².